The van der Waals surface area contributed by atoms with Gasteiger partial charge in [-0.05, 0) is 50.6 Å². The number of rotatable bonds is 6. The summed E-state index contributed by atoms with van der Waals surface area (Å²) < 4.78 is 28.2. The number of hydrogen-bond donors (Lipinski definition) is 1. The molecule has 132 valence electrons. The fourth-order valence-electron chi connectivity index (χ4n) is 2.48. The van der Waals surface area contributed by atoms with Crippen LogP contribution in [0.2, 0.25) is 5.02 Å². The largest absolute Gasteiger partial charge is 0.295 e. The predicted molar refractivity (Wildman–Crippen MR) is 100 cm³/mol. The molecule has 0 saturated heterocycles. The monoisotopic (exact) mass is 377 g/mol. The number of allylic oxidation sites excluding steroid dienone is 1. The predicted octanol–water partition coefficient (Wildman–Crippen LogP) is 4.20. The number of halogens is 1. The summed E-state index contributed by atoms with van der Waals surface area (Å²) in [6, 6.07) is 12.5. The highest BCUT2D eigenvalue weighted by Crippen LogP contribution is 2.26. The van der Waals surface area contributed by atoms with Gasteiger partial charge in [0, 0.05) is 10.6 Å². The molecule has 0 spiro atoms. The Morgan fingerprint density at radius 1 is 1.08 bits per heavy atom. The number of ketones is 1. The number of carbonyl (C=O) groups excluding carboxylic acids is 1. The summed E-state index contributed by atoms with van der Waals surface area (Å²) in [4.78, 5) is 12.1. The number of aryl methyl sites for hydroxylation is 1. The zero-order valence-electron chi connectivity index (χ0n) is 14.3. The first-order valence-electron chi connectivity index (χ1n) is 7.76. The van der Waals surface area contributed by atoms with E-state index in [2.05, 4.69) is 4.72 Å². The van der Waals surface area contributed by atoms with Crippen LogP contribution < -0.4 is 4.72 Å². The smallest absolute Gasteiger partial charge is 0.241 e. The van der Waals surface area contributed by atoms with Crippen LogP contribution in [0.5, 0.6) is 0 Å². The van der Waals surface area contributed by atoms with E-state index in [4.69, 9.17) is 11.6 Å². The zero-order valence-corrected chi connectivity index (χ0v) is 15.9. The zero-order chi connectivity index (χ0) is 18.6. The summed E-state index contributed by atoms with van der Waals surface area (Å²) in [6.45, 7) is 5.01. The number of benzene rings is 2. The van der Waals surface area contributed by atoms with Crippen LogP contribution in [-0.4, -0.2) is 14.2 Å². The van der Waals surface area contributed by atoms with Gasteiger partial charge in [-0.25, -0.2) is 8.42 Å². The van der Waals surface area contributed by atoms with Crippen molar-refractivity contribution in [3.8, 4) is 0 Å². The molecule has 0 bridgehead atoms. The minimum Gasteiger partial charge on any atom is -0.295 e. The van der Waals surface area contributed by atoms with Gasteiger partial charge in [0.15, 0.2) is 5.78 Å². The van der Waals surface area contributed by atoms with Gasteiger partial charge in [-0.2, -0.15) is 4.72 Å². The van der Waals surface area contributed by atoms with Crippen molar-refractivity contribution < 1.29 is 13.2 Å². The van der Waals surface area contributed by atoms with E-state index in [0.717, 1.165) is 5.56 Å². The highest BCUT2D eigenvalue weighted by Gasteiger charge is 2.26. The summed E-state index contributed by atoms with van der Waals surface area (Å²) in [5.41, 5.74) is 1.98. The van der Waals surface area contributed by atoms with Crippen LogP contribution in [0.25, 0.3) is 0 Å². The van der Waals surface area contributed by atoms with Gasteiger partial charge >= 0.3 is 0 Å². The van der Waals surface area contributed by atoms with E-state index >= 15 is 0 Å². The van der Waals surface area contributed by atoms with Crippen LogP contribution in [0, 0.1) is 6.92 Å². The molecule has 1 N–H and O–H groups in total. The standard InChI is InChI=1S/C19H20ClNO3S/c1-4-18(14(3)22)19(15-7-9-16(20)10-8-15)21-25(23,24)17-11-5-13(2)6-12-17/h4-12,19,21H,1-3H3/b18-4+. The third-order valence-corrected chi connectivity index (χ3v) is 5.53. The number of carbonyl (C=O) groups is 1. The lowest BCUT2D eigenvalue weighted by atomic mass is 9.97. The van der Waals surface area contributed by atoms with Gasteiger partial charge in [-0.15, -0.1) is 0 Å². The quantitative estimate of drug-likeness (QED) is 0.767. The van der Waals surface area contributed by atoms with Gasteiger partial charge in [0.1, 0.15) is 0 Å². The molecule has 25 heavy (non-hydrogen) atoms. The van der Waals surface area contributed by atoms with Crippen molar-refractivity contribution >= 4 is 27.4 Å². The first kappa shape index (κ1) is 19.4. The molecule has 1 unspecified atom stereocenters. The van der Waals surface area contributed by atoms with Crippen molar-refractivity contribution in [3.05, 3.63) is 76.3 Å². The molecule has 2 aromatic rings. The average molecular weight is 378 g/mol. The highest BCUT2D eigenvalue weighted by atomic mass is 35.5. The van der Waals surface area contributed by atoms with Gasteiger partial charge in [-0.3, -0.25) is 4.79 Å². The van der Waals surface area contributed by atoms with Crippen LogP contribution in [0.1, 0.15) is 31.0 Å². The molecule has 0 radical (unpaired) electrons. The first-order valence-corrected chi connectivity index (χ1v) is 9.62. The maximum atomic E-state index is 12.8. The second-order valence-electron chi connectivity index (χ2n) is 5.72. The van der Waals surface area contributed by atoms with E-state index in [1.165, 1.54) is 6.92 Å². The Morgan fingerprint density at radius 2 is 1.64 bits per heavy atom. The molecule has 0 aliphatic carbocycles. The fraction of sp³-hybridized carbons (Fsp3) is 0.211. The number of Topliss-reactive ketones (excluding diaryl/α,β-unsaturated/α-hetero) is 1. The lowest BCUT2D eigenvalue weighted by Gasteiger charge is -2.21. The van der Waals surface area contributed by atoms with Gasteiger partial charge < -0.3 is 0 Å². The van der Waals surface area contributed by atoms with Crippen molar-refractivity contribution in [1.29, 1.82) is 0 Å². The van der Waals surface area contributed by atoms with E-state index in [1.807, 2.05) is 6.92 Å². The minimum atomic E-state index is -3.80. The third-order valence-electron chi connectivity index (χ3n) is 3.84. The number of nitrogens with one attached hydrogen (secondary N) is 1. The summed E-state index contributed by atoms with van der Waals surface area (Å²) in [6.07, 6.45) is 1.62. The fourth-order valence-corrected chi connectivity index (χ4v) is 3.81. The first-order chi connectivity index (χ1) is 11.7. The maximum Gasteiger partial charge on any atom is 0.241 e. The topological polar surface area (TPSA) is 63.2 Å². The van der Waals surface area contributed by atoms with Crippen LogP contribution in [0.3, 0.4) is 0 Å². The molecule has 0 aromatic heterocycles. The van der Waals surface area contributed by atoms with Crippen LogP contribution in [-0.2, 0) is 14.8 Å². The van der Waals surface area contributed by atoms with Gasteiger partial charge in [0.25, 0.3) is 0 Å². The summed E-state index contributed by atoms with van der Waals surface area (Å²) in [7, 11) is -3.80. The van der Waals surface area contributed by atoms with E-state index in [9.17, 15) is 13.2 Å². The Kier molecular flexibility index (Phi) is 6.16. The third kappa shape index (κ3) is 4.78. The molecule has 0 amide bonds. The van der Waals surface area contributed by atoms with Crippen molar-refractivity contribution in [1.82, 2.24) is 4.72 Å². The SMILES string of the molecule is C/C=C(\C(C)=O)C(NS(=O)(=O)c1ccc(C)cc1)c1ccc(Cl)cc1. The molecule has 2 rings (SSSR count). The molecule has 0 heterocycles. The normalized spacial score (nSPS) is 13.5. The number of sulfonamides is 1. The second kappa shape index (κ2) is 7.95. The van der Waals surface area contributed by atoms with Gasteiger partial charge in [0.05, 0.1) is 10.9 Å². The van der Waals surface area contributed by atoms with Crippen molar-refractivity contribution in [2.24, 2.45) is 0 Å². The van der Waals surface area contributed by atoms with E-state index < -0.39 is 16.1 Å². The van der Waals surface area contributed by atoms with E-state index in [-0.39, 0.29) is 10.7 Å². The maximum absolute atomic E-state index is 12.8. The summed E-state index contributed by atoms with van der Waals surface area (Å²) >= 11 is 5.92. The van der Waals surface area contributed by atoms with Crippen molar-refractivity contribution in [2.75, 3.05) is 0 Å². The molecule has 6 heteroatoms. The Balaban J connectivity index is 2.47. The molecule has 0 aliphatic heterocycles. The van der Waals surface area contributed by atoms with Crippen molar-refractivity contribution in [3.63, 3.8) is 0 Å². The second-order valence-corrected chi connectivity index (χ2v) is 7.87. The Bertz CT molecular complexity index is 885. The Hall–Kier alpha value is -1.95. The molecule has 1 atom stereocenters. The molecular weight excluding hydrogens is 358 g/mol. The van der Waals surface area contributed by atoms with Gasteiger partial charge in [0.2, 0.25) is 10.0 Å². The molecule has 0 aliphatic rings. The highest BCUT2D eigenvalue weighted by molar-refractivity contribution is 7.89. The minimum absolute atomic E-state index is 0.149. The van der Waals surface area contributed by atoms with Gasteiger partial charge in [-0.1, -0.05) is 47.5 Å². The van der Waals surface area contributed by atoms with E-state index in [0.29, 0.717) is 16.2 Å². The average Bonchev–Trinajstić information content (AvgIpc) is 2.55. The molecule has 0 fully saturated rings. The van der Waals surface area contributed by atoms with Crippen LogP contribution >= 0.6 is 11.6 Å². The lowest BCUT2D eigenvalue weighted by Crippen LogP contribution is -2.31. The summed E-state index contributed by atoms with van der Waals surface area (Å²) in [5.74, 6) is -0.200. The molecule has 2 aromatic carbocycles. The van der Waals surface area contributed by atoms with E-state index in [1.54, 1.807) is 61.5 Å². The Labute approximate surface area is 153 Å². The molecule has 0 saturated carbocycles. The molecule has 4 nitrogen and oxygen atoms in total. The van der Waals surface area contributed by atoms with Crippen LogP contribution in [0.15, 0.2) is 65.1 Å². The Morgan fingerprint density at radius 3 is 2.12 bits per heavy atom. The number of hydrogen-bond acceptors (Lipinski definition) is 3. The lowest BCUT2D eigenvalue weighted by molar-refractivity contribution is -0.113. The van der Waals surface area contributed by atoms with Crippen molar-refractivity contribution in [2.45, 2.75) is 31.7 Å². The molecular formula is C19H20ClNO3S. The van der Waals surface area contributed by atoms with Crippen LogP contribution in [0.4, 0.5) is 0 Å². The summed E-state index contributed by atoms with van der Waals surface area (Å²) in [5, 5.41) is 0.536.